The largest absolute Gasteiger partial charge is 0.497 e. The molecule has 1 heterocycles. The van der Waals surface area contributed by atoms with E-state index in [1.165, 1.54) is 50.5 Å². The molecule has 0 fully saturated rings. The number of hydrogen-bond donors (Lipinski definition) is 1. The van der Waals surface area contributed by atoms with Gasteiger partial charge in [-0.2, -0.15) is 0 Å². The first-order valence-corrected chi connectivity index (χ1v) is 9.71. The number of amides is 2. The molecule has 1 aliphatic rings. The van der Waals surface area contributed by atoms with Gasteiger partial charge in [0.15, 0.2) is 0 Å². The van der Waals surface area contributed by atoms with Crippen LogP contribution in [0.15, 0.2) is 53.7 Å². The van der Waals surface area contributed by atoms with Gasteiger partial charge in [-0.25, -0.2) is 9.18 Å². The zero-order valence-corrected chi connectivity index (χ0v) is 18.1. The van der Waals surface area contributed by atoms with Crippen molar-refractivity contribution < 1.29 is 33.0 Å². The van der Waals surface area contributed by atoms with Gasteiger partial charge in [0.05, 0.1) is 38.5 Å². The Morgan fingerprint density at radius 3 is 2.34 bits per heavy atom. The molecule has 32 heavy (non-hydrogen) atoms. The van der Waals surface area contributed by atoms with Crippen LogP contribution >= 0.6 is 0 Å². The molecule has 8 nitrogen and oxygen atoms in total. The summed E-state index contributed by atoms with van der Waals surface area (Å²) in [5.41, 5.74) is 1.02. The minimum absolute atomic E-state index is 0.0430. The minimum Gasteiger partial charge on any atom is -0.497 e. The normalized spacial score (nSPS) is 16.0. The molecule has 3 rings (SSSR count). The first kappa shape index (κ1) is 22.8. The van der Waals surface area contributed by atoms with Crippen LogP contribution < -0.4 is 19.7 Å². The quantitative estimate of drug-likeness (QED) is 0.690. The van der Waals surface area contributed by atoms with Gasteiger partial charge in [0, 0.05) is 23.9 Å². The highest BCUT2D eigenvalue weighted by atomic mass is 19.1. The fraction of sp³-hybridized carbons (Fsp3) is 0.261. The van der Waals surface area contributed by atoms with Gasteiger partial charge in [-0.05, 0) is 43.3 Å². The number of benzene rings is 2. The molecule has 0 saturated carbocycles. The highest BCUT2D eigenvalue weighted by molar-refractivity contribution is 6.10. The molecule has 0 aliphatic carbocycles. The summed E-state index contributed by atoms with van der Waals surface area (Å²) in [5, 5.41) is 2.71. The molecule has 9 heteroatoms. The molecular formula is C23H23FN2O6. The maximum Gasteiger partial charge on any atom is 0.336 e. The van der Waals surface area contributed by atoms with Crippen molar-refractivity contribution in [2.75, 3.05) is 31.5 Å². The van der Waals surface area contributed by atoms with Crippen molar-refractivity contribution in [3.8, 4) is 11.5 Å². The molecular weight excluding hydrogens is 419 g/mol. The van der Waals surface area contributed by atoms with Crippen LogP contribution in [0.2, 0.25) is 0 Å². The van der Waals surface area contributed by atoms with E-state index >= 15 is 0 Å². The lowest BCUT2D eigenvalue weighted by molar-refractivity contribution is -0.138. The van der Waals surface area contributed by atoms with Gasteiger partial charge >= 0.3 is 5.97 Å². The monoisotopic (exact) mass is 442 g/mol. The number of methoxy groups -OCH3 is 3. The Morgan fingerprint density at radius 2 is 1.75 bits per heavy atom. The van der Waals surface area contributed by atoms with Crippen molar-refractivity contribution >= 4 is 29.2 Å². The highest BCUT2D eigenvalue weighted by Crippen LogP contribution is 2.35. The van der Waals surface area contributed by atoms with Gasteiger partial charge < -0.3 is 19.5 Å². The minimum atomic E-state index is -1.08. The van der Waals surface area contributed by atoms with E-state index in [9.17, 15) is 18.8 Å². The van der Waals surface area contributed by atoms with E-state index in [0.29, 0.717) is 22.9 Å². The van der Waals surface area contributed by atoms with Gasteiger partial charge in [-0.1, -0.05) is 0 Å². The van der Waals surface area contributed by atoms with Crippen LogP contribution in [0.1, 0.15) is 13.3 Å². The van der Waals surface area contributed by atoms with Crippen LogP contribution in [0, 0.1) is 11.7 Å². The summed E-state index contributed by atoms with van der Waals surface area (Å²) in [4.78, 5) is 40.0. The third kappa shape index (κ3) is 4.41. The topological polar surface area (TPSA) is 94.2 Å². The average molecular weight is 442 g/mol. The Bertz CT molecular complexity index is 1080. The second-order valence-corrected chi connectivity index (χ2v) is 7.01. The maximum absolute atomic E-state index is 13.3. The van der Waals surface area contributed by atoms with Crippen LogP contribution in [0.3, 0.4) is 0 Å². The van der Waals surface area contributed by atoms with Gasteiger partial charge in [-0.15, -0.1) is 0 Å². The van der Waals surface area contributed by atoms with Gasteiger partial charge in [0.2, 0.25) is 11.8 Å². The predicted octanol–water partition coefficient (Wildman–Crippen LogP) is 3.28. The van der Waals surface area contributed by atoms with Crippen LogP contribution in [-0.2, 0) is 19.1 Å². The molecule has 0 saturated heterocycles. The SMILES string of the molecule is COC(=O)C1=C(C)N(c2ccc(F)cc2)C(=O)C[C@@H]1C(=O)Nc1ccc(OC)cc1OC. The molecule has 168 valence electrons. The summed E-state index contributed by atoms with van der Waals surface area (Å²) < 4.78 is 28.7. The van der Waals surface area contributed by atoms with Gasteiger partial charge in [-0.3, -0.25) is 14.5 Å². The standard InChI is InChI=1S/C23H23FN2O6/c1-13-21(23(29)32-4)17(12-20(27)26(13)15-7-5-14(24)6-8-15)22(28)25-18-10-9-16(30-2)11-19(18)31-3/h5-11,17H,12H2,1-4H3,(H,25,28)/t17-/m0/s1. The molecule has 1 atom stereocenters. The summed E-state index contributed by atoms with van der Waals surface area (Å²) in [6, 6.07) is 10.1. The molecule has 0 radical (unpaired) electrons. The van der Waals surface area contributed by atoms with Crippen molar-refractivity contribution in [3.63, 3.8) is 0 Å². The summed E-state index contributed by atoms with van der Waals surface area (Å²) in [7, 11) is 4.14. The summed E-state index contributed by atoms with van der Waals surface area (Å²) in [6.45, 7) is 1.54. The smallest absolute Gasteiger partial charge is 0.336 e. The Labute approximate surface area is 184 Å². The fourth-order valence-corrected chi connectivity index (χ4v) is 3.60. The lowest BCUT2D eigenvalue weighted by Crippen LogP contribution is -2.43. The van der Waals surface area contributed by atoms with E-state index in [2.05, 4.69) is 5.32 Å². The summed E-state index contributed by atoms with van der Waals surface area (Å²) in [6.07, 6.45) is -0.274. The second-order valence-electron chi connectivity index (χ2n) is 7.01. The first-order valence-electron chi connectivity index (χ1n) is 9.71. The number of carbonyl (C=O) groups is 3. The number of nitrogens with one attached hydrogen (secondary N) is 1. The van der Waals surface area contributed by atoms with E-state index < -0.39 is 29.5 Å². The first-order chi connectivity index (χ1) is 15.3. The number of anilines is 2. The molecule has 2 amide bonds. The molecule has 2 aromatic rings. The molecule has 2 aromatic carbocycles. The number of ether oxygens (including phenoxy) is 3. The van der Waals surface area contributed by atoms with Crippen LogP contribution in [0.4, 0.5) is 15.8 Å². The number of hydrogen-bond acceptors (Lipinski definition) is 6. The van der Waals surface area contributed by atoms with Crippen molar-refractivity contribution in [1.29, 1.82) is 0 Å². The third-order valence-corrected chi connectivity index (χ3v) is 5.17. The Hall–Kier alpha value is -3.88. The van der Waals surface area contributed by atoms with Crippen molar-refractivity contribution in [2.45, 2.75) is 13.3 Å². The number of nitrogens with zero attached hydrogens (tertiary/aromatic N) is 1. The Balaban J connectivity index is 1.99. The number of rotatable bonds is 6. The Morgan fingerprint density at radius 1 is 1.06 bits per heavy atom. The molecule has 0 unspecified atom stereocenters. The van der Waals surface area contributed by atoms with E-state index in [-0.39, 0.29) is 17.7 Å². The zero-order valence-electron chi connectivity index (χ0n) is 18.1. The number of halogens is 1. The average Bonchev–Trinajstić information content (AvgIpc) is 2.79. The second kappa shape index (κ2) is 9.51. The lowest BCUT2D eigenvalue weighted by Gasteiger charge is -2.33. The molecule has 0 aromatic heterocycles. The molecule has 0 spiro atoms. The highest BCUT2D eigenvalue weighted by Gasteiger charge is 2.40. The molecule has 0 bridgehead atoms. The number of carbonyl (C=O) groups excluding carboxylic acids is 3. The van der Waals surface area contributed by atoms with Crippen molar-refractivity contribution in [1.82, 2.24) is 0 Å². The van der Waals surface area contributed by atoms with Crippen molar-refractivity contribution in [2.24, 2.45) is 5.92 Å². The van der Waals surface area contributed by atoms with E-state index in [1.54, 1.807) is 25.1 Å². The van der Waals surface area contributed by atoms with Crippen molar-refractivity contribution in [3.05, 3.63) is 59.6 Å². The summed E-state index contributed by atoms with van der Waals surface area (Å²) >= 11 is 0. The molecule has 1 aliphatic heterocycles. The van der Waals surface area contributed by atoms with E-state index in [4.69, 9.17) is 14.2 Å². The fourth-order valence-electron chi connectivity index (χ4n) is 3.60. The van der Waals surface area contributed by atoms with Crippen LogP contribution in [0.5, 0.6) is 11.5 Å². The van der Waals surface area contributed by atoms with Gasteiger partial charge in [0.1, 0.15) is 17.3 Å². The molecule has 1 N–H and O–H groups in total. The predicted molar refractivity (Wildman–Crippen MR) is 115 cm³/mol. The zero-order chi connectivity index (χ0) is 23.4. The number of allylic oxidation sites excluding steroid dienone is 1. The maximum atomic E-state index is 13.3. The lowest BCUT2D eigenvalue weighted by atomic mass is 9.88. The summed E-state index contributed by atoms with van der Waals surface area (Å²) in [5.74, 6) is -2.37. The Kier molecular flexibility index (Phi) is 6.77. The van der Waals surface area contributed by atoms with E-state index in [0.717, 1.165) is 0 Å². The third-order valence-electron chi connectivity index (χ3n) is 5.17. The van der Waals surface area contributed by atoms with E-state index in [1.807, 2.05) is 0 Å². The van der Waals surface area contributed by atoms with Crippen LogP contribution in [0.25, 0.3) is 0 Å². The van der Waals surface area contributed by atoms with Gasteiger partial charge in [0.25, 0.3) is 0 Å². The number of esters is 1. The van der Waals surface area contributed by atoms with Crippen LogP contribution in [-0.4, -0.2) is 39.1 Å².